The summed E-state index contributed by atoms with van der Waals surface area (Å²) in [4.78, 5) is 40.9. The Morgan fingerprint density at radius 2 is 1.60 bits per heavy atom. The van der Waals surface area contributed by atoms with Crippen molar-refractivity contribution in [2.24, 2.45) is 0 Å². The second-order valence-electron chi connectivity index (χ2n) is 13.0. The van der Waals surface area contributed by atoms with Crippen LogP contribution < -0.4 is 14.4 Å². The van der Waals surface area contributed by atoms with Crippen molar-refractivity contribution >= 4 is 44.8 Å². The average molecular weight is 721 g/mol. The highest BCUT2D eigenvalue weighted by molar-refractivity contribution is 7.92. The first-order valence-electron chi connectivity index (χ1n) is 15.8. The van der Waals surface area contributed by atoms with E-state index in [0.717, 1.165) is 27.1 Å². The van der Waals surface area contributed by atoms with Crippen LogP contribution in [-0.2, 0) is 32.6 Å². The Hall–Kier alpha value is -4.94. The van der Waals surface area contributed by atoms with Crippen LogP contribution in [0, 0.1) is 24.0 Å². The molecule has 50 heavy (non-hydrogen) atoms. The highest BCUT2D eigenvalue weighted by Crippen LogP contribution is 2.36. The molecular weight excluding hydrogens is 680 g/mol. The lowest BCUT2D eigenvalue weighted by Crippen LogP contribution is -2.56. The van der Waals surface area contributed by atoms with Crippen LogP contribution in [-0.4, -0.2) is 55.3 Å². The standard InChI is InChI=1S/C37H41ClN4O7S/c1-25-12-15-28(16-13-25)23-40(33(36(44)39-37(3,4)5)20-27-10-8-7-9-11-27)35(43)24-41(32-21-29(38)17-19-34(32)49-6)50(47,48)30-18-14-26(2)31(22-30)42(45)46/h7-19,21-22,33H,20,23-24H2,1-6H3,(H,39,44). The van der Waals surface area contributed by atoms with Gasteiger partial charge in [0.05, 0.1) is 22.6 Å². The van der Waals surface area contributed by atoms with E-state index in [1.54, 1.807) is 0 Å². The Kier molecular flexibility index (Phi) is 11.9. The number of sulfonamides is 1. The van der Waals surface area contributed by atoms with Crippen molar-refractivity contribution in [1.82, 2.24) is 10.2 Å². The molecule has 4 rings (SSSR count). The van der Waals surface area contributed by atoms with Gasteiger partial charge in [0, 0.05) is 35.2 Å². The van der Waals surface area contributed by atoms with Crippen LogP contribution >= 0.6 is 11.6 Å². The number of rotatable bonds is 13. The molecule has 1 unspecified atom stereocenters. The predicted molar refractivity (Wildman–Crippen MR) is 194 cm³/mol. The molecule has 1 atom stereocenters. The molecule has 1 N–H and O–H groups in total. The number of ether oxygens (including phenoxy) is 1. The van der Waals surface area contributed by atoms with Crippen LogP contribution in [0.3, 0.4) is 0 Å². The van der Waals surface area contributed by atoms with Crippen molar-refractivity contribution in [3.63, 3.8) is 0 Å². The van der Waals surface area contributed by atoms with E-state index in [2.05, 4.69) is 5.32 Å². The fraction of sp³-hybridized carbons (Fsp3) is 0.297. The summed E-state index contributed by atoms with van der Waals surface area (Å²) in [7, 11) is -3.33. The first-order chi connectivity index (χ1) is 23.5. The number of halogens is 1. The zero-order chi connectivity index (χ0) is 36.8. The number of nitro benzene ring substituents is 1. The molecule has 11 nitrogen and oxygen atoms in total. The summed E-state index contributed by atoms with van der Waals surface area (Å²) in [5, 5.41) is 14.9. The van der Waals surface area contributed by atoms with Gasteiger partial charge in [0.2, 0.25) is 11.8 Å². The normalized spacial score (nSPS) is 12.1. The Bertz CT molecular complexity index is 1960. The zero-order valence-electron chi connectivity index (χ0n) is 28.8. The van der Waals surface area contributed by atoms with E-state index in [1.165, 1.54) is 49.3 Å². The first kappa shape index (κ1) is 37.9. The summed E-state index contributed by atoms with van der Waals surface area (Å²) in [5.74, 6) is -1.04. The minimum absolute atomic E-state index is 0.0231. The minimum atomic E-state index is -4.67. The van der Waals surface area contributed by atoms with Crippen LogP contribution in [0.5, 0.6) is 5.75 Å². The molecule has 264 valence electrons. The maximum Gasteiger partial charge on any atom is 0.273 e. The van der Waals surface area contributed by atoms with Crippen LogP contribution in [0.15, 0.2) is 95.9 Å². The van der Waals surface area contributed by atoms with E-state index in [9.17, 15) is 28.1 Å². The first-order valence-corrected chi connectivity index (χ1v) is 17.6. The van der Waals surface area contributed by atoms with Gasteiger partial charge in [-0.2, -0.15) is 0 Å². The number of benzene rings is 4. The van der Waals surface area contributed by atoms with E-state index in [4.69, 9.17) is 16.3 Å². The van der Waals surface area contributed by atoms with Gasteiger partial charge in [-0.3, -0.25) is 24.0 Å². The van der Waals surface area contributed by atoms with Gasteiger partial charge in [-0.25, -0.2) is 8.42 Å². The van der Waals surface area contributed by atoms with Crippen molar-refractivity contribution < 1.29 is 27.7 Å². The number of carbonyl (C=O) groups excluding carboxylic acids is 2. The third-order valence-electron chi connectivity index (χ3n) is 7.90. The van der Waals surface area contributed by atoms with Gasteiger partial charge in [0.1, 0.15) is 18.3 Å². The van der Waals surface area contributed by atoms with Gasteiger partial charge in [0.25, 0.3) is 15.7 Å². The van der Waals surface area contributed by atoms with E-state index in [1.807, 2.05) is 82.3 Å². The summed E-state index contributed by atoms with van der Waals surface area (Å²) >= 11 is 6.35. The van der Waals surface area contributed by atoms with Crippen LogP contribution in [0.1, 0.15) is 43.0 Å². The van der Waals surface area contributed by atoms with Crippen LogP contribution in [0.2, 0.25) is 5.02 Å². The van der Waals surface area contributed by atoms with Gasteiger partial charge >= 0.3 is 0 Å². The molecule has 0 bridgehead atoms. The van der Waals surface area contributed by atoms with E-state index in [0.29, 0.717) is 0 Å². The summed E-state index contributed by atoms with van der Waals surface area (Å²) in [6.45, 7) is 8.10. The molecule has 4 aromatic carbocycles. The molecule has 4 aromatic rings. The van der Waals surface area contributed by atoms with Gasteiger partial charge in [-0.1, -0.05) is 77.8 Å². The van der Waals surface area contributed by atoms with Crippen molar-refractivity contribution in [2.75, 3.05) is 18.0 Å². The van der Waals surface area contributed by atoms with Crippen molar-refractivity contribution in [2.45, 2.75) is 64.1 Å². The second kappa shape index (κ2) is 15.7. The molecule has 0 saturated carbocycles. The molecular formula is C37H41ClN4O7S. The third kappa shape index (κ3) is 9.39. The molecule has 0 spiro atoms. The Morgan fingerprint density at radius 1 is 0.940 bits per heavy atom. The number of anilines is 1. The number of nitrogens with one attached hydrogen (secondary N) is 1. The Labute approximate surface area is 298 Å². The lowest BCUT2D eigenvalue weighted by molar-refractivity contribution is -0.385. The number of aryl methyl sites for hydroxylation is 2. The van der Waals surface area contributed by atoms with Gasteiger partial charge < -0.3 is 15.0 Å². The van der Waals surface area contributed by atoms with E-state index in [-0.39, 0.29) is 35.0 Å². The number of methoxy groups -OCH3 is 1. The van der Waals surface area contributed by atoms with Gasteiger partial charge in [0.15, 0.2) is 0 Å². The SMILES string of the molecule is COc1ccc(Cl)cc1N(CC(=O)N(Cc1ccc(C)cc1)C(Cc1ccccc1)C(=O)NC(C)(C)C)S(=O)(=O)c1ccc(C)c([N+](=O)[O-])c1. The molecule has 0 aliphatic heterocycles. The van der Waals surface area contributed by atoms with Gasteiger partial charge in [-0.05, 0) is 70.0 Å². The fourth-order valence-electron chi connectivity index (χ4n) is 5.34. The zero-order valence-corrected chi connectivity index (χ0v) is 30.4. The van der Waals surface area contributed by atoms with E-state index < -0.39 is 55.5 Å². The molecule has 13 heteroatoms. The predicted octanol–water partition coefficient (Wildman–Crippen LogP) is 6.62. The number of amides is 2. The molecule has 0 aromatic heterocycles. The summed E-state index contributed by atoms with van der Waals surface area (Å²) in [5.41, 5.74) is 1.65. The molecule has 0 fully saturated rings. The maximum absolute atomic E-state index is 14.7. The fourth-order valence-corrected chi connectivity index (χ4v) is 6.95. The highest BCUT2D eigenvalue weighted by Gasteiger charge is 2.37. The molecule has 0 radical (unpaired) electrons. The molecule has 0 aliphatic rings. The van der Waals surface area contributed by atoms with Crippen molar-refractivity contribution in [3.05, 3.63) is 128 Å². The van der Waals surface area contributed by atoms with E-state index >= 15 is 0 Å². The topological polar surface area (TPSA) is 139 Å². The number of nitro groups is 1. The monoisotopic (exact) mass is 720 g/mol. The average Bonchev–Trinajstić information content (AvgIpc) is 3.05. The smallest absolute Gasteiger partial charge is 0.273 e. The maximum atomic E-state index is 14.7. The quantitative estimate of drug-likeness (QED) is 0.121. The lowest BCUT2D eigenvalue weighted by Gasteiger charge is -2.35. The molecule has 2 amide bonds. The molecule has 0 saturated heterocycles. The third-order valence-corrected chi connectivity index (χ3v) is 9.89. The van der Waals surface area contributed by atoms with Crippen LogP contribution in [0.25, 0.3) is 0 Å². The van der Waals surface area contributed by atoms with Crippen molar-refractivity contribution in [1.29, 1.82) is 0 Å². The van der Waals surface area contributed by atoms with Gasteiger partial charge in [-0.15, -0.1) is 0 Å². The summed E-state index contributed by atoms with van der Waals surface area (Å²) < 4.78 is 35.3. The number of nitrogens with zero attached hydrogens (tertiary/aromatic N) is 3. The van der Waals surface area contributed by atoms with Crippen molar-refractivity contribution in [3.8, 4) is 5.75 Å². The number of hydrogen-bond acceptors (Lipinski definition) is 7. The minimum Gasteiger partial charge on any atom is -0.495 e. The molecule has 0 heterocycles. The lowest BCUT2D eigenvalue weighted by atomic mass is 10.0. The Morgan fingerprint density at radius 3 is 2.20 bits per heavy atom. The number of carbonyl (C=O) groups is 2. The number of hydrogen-bond donors (Lipinski definition) is 1. The highest BCUT2D eigenvalue weighted by atomic mass is 35.5. The Balaban J connectivity index is 1.90. The largest absolute Gasteiger partial charge is 0.495 e. The van der Waals surface area contributed by atoms with Crippen LogP contribution in [0.4, 0.5) is 11.4 Å². The summed E-state index contributed by atoms with van der Waals surface area (Å²) in [6, 6.07) is 23.4. The second-order valence-corrected chi connectivity index (χ2v) is 15.3. The summed E-state index contributed by atoms with van der Waals surface area (Å²) in [6.07, 6.45) is 0.137. The molecule has 0 aliphatic carbocycles.